The van der Waals surface area contributed by atoms with Crippen LogP contribution >= 0.6 is 0 Å². The first-order valence-electron chi connectivity index (χ1n) is 6.71. The van der Waals surface area contributed by atoms with Gasteiger partial charge in [0.25, 0.3) is 0 Å². The van der Waals surface area contributed by atoms with Gasteiger partial charge >= 0.3 is 0 Å². The van der Waals surface area contributed by atoms with Crippen molar-refractivity contribution in [1.82, 2.24) is 0 Å². The van der Waals surface area contributed by atoms with Crippen molar-refractivity contribution in [2.45, 2.75) is 70.7 Å². The first-order valence-corrected chi connectivity index (χ1v) is 6.71. The summed E-state index contributed by atoms with van der Waals surface area (Å²) >= 11 is 0. The van der Waals surface area contributed by atoms with E-state index in [2.05, 4.69) is 6.92 Å². The highest BCUT2D eigenvalue weighted by molar-refractivity contribution is 4.58. The van der Waals surface area contributed by atoms with Gasteiger partial charge in [0.1, 0.15) is 0 Å². The van der Waals surface area contributed by atoms with Crippen molar-refractivity contribution in [2.24, 2.45) is 0 Å². The number of aliphatic hydroxyl groups is 1. The van der Waals surface area contributed by atoms with E-state index < -0.39 is 0 Å². The van der Waals surface area contributed by atoms with Crippen LogP contribution in [0.15, 0.2) is 0 Å². The maximum Gasteiger partial charge on any atom is 0.157 e. The van der Waals surface area contributed by atoms with Gasteiger partial charge in [-0.25, -0.2) is 0 Å². The number of aliphatic hydroxyl groups excluding tert-OH is 1. The molecule has 3 nitrogen and oxygen atoms in total. The van der Waals surface area contributed by atoms with Crippen LogP contribution < -0.4 is 0 Å². The summed E-state index contributed by atoms with van der Waals surface area (Å²) in [7, 11) is 0. The maximum atomic E-state index is 8.65. The summed E-state index contributed by atoms with van der Waals surface area (Å²) in [5.74, 6) is 0. The highest BCUT2D eigenvalue weighted by atomic mass is 16.7. The van der Waals surface area contributed by atoms with Gasteiger partial charge < -0.3 is 14.6 Å². The number of hydrogen-bond acceptors (Lipinski definition) is 3. The van der Waals surface area contributed by atoms with Crippen molar-refractivity contribution in [3.63, 3.8) is 0 Å². The van der Waals surface area contributed by atoms with Gasteiger partial charge in [-0.2, -0.15) is 0 Å². The van der Waals surface area contributed by atoms with Crippen LogP contribution in [0.1, 0.15) is 58.3 Å². The molecule has 2 atom stereocenters. The molecule has 1 rings (SSSR count). The molecule has 0 amide bonds. The highest BCUT2D eigenvalue weighted by Crippen LogP contribution is 2.17. The van der Waals surface area contributed by atoms with Crippen molar-refractivity contribution in [3.05, 3.63) is 0 Å². The van der Waals surface area contributed by atoms with E-state index >= 15 is 0 Å². The normalized spacial score (nSPS) is 23.2. The van der Waals surface area contributed by atoms with Gasteiger partial charge in [0.05, 0.1) is 6.10 Å². The second-order valence-corrected chi connectivity index (χ2v) is 4.67. The molecule has 0 aromatic carbocycles. The minimum Gasteiger partial charge on any atom is -0.396 e. The molecule has 3 heteroatoms. The van der Waals surface area contributed by atoms with Crippen LogP contribution in [0.25, 0.3) is 0 Å². The lowest BCUT2D eigenvalue weighted by atomic mass is 10.1. The van der Waals surface area contributed by atoms with Crippen LogP contribution in [-0.4, -0.2) is 30.7 Å². The third kappa shape index (κ3) is 6.46. The van der Waals surface area contributed by atoms with E-state index in [0.29, 0.717) is 12.7 Å². The molecule has 1 aliphatic heterocycles. The minimum absolute atomic E-state index is 0.0428. The summed E-state index contributed by atoms with van der Waals surface area (Å²) in [5.41, 5.74) is 0. The molecule has 0 aliphatic carbocycles. The molecule has 1 fully saturated rings. The quantitative estimate of drug-likeness (QED) is 0.652. The van der Waals surface area contributed by atoms with E-state index in [1.165, 1.54) is 25.7 Å². The molecule has 0 aromatic heterocycles. The molecular formula is C13H26O3. The Morgan fingerprint density at radius 1 is 1.25 bits per heavy atom. The molecule has 0 saturated carbocycles. The third-order valence-electron chi connectivity index (χ3n) is 3.04. The summed E-state index contributed by atoms with van der Waals surface area (Å²) in [6.07, 6.45) is 9.35. The van der Waals surface area contributed by atoms with Gasteiger partial charge in [-0.1, -0.05) is 19.3 Å². The van der Waals surface area contributed by atoms with E-state index in [4.69, 9.17) is 14.6 Å². The average molecular weight is 230 g/mol. The number of unbranched alkanes of at least 4 members (excludes halogenated alkanes) is 3. The van der Waals surface area contributed by atoms with Crippen LogP contribution in [0.4, 0.5) is 0 Å². The van der Waals surface area contributed by atoms with Crippen LogP contribution in [0.2, 0.25) is 0 Å². The van der Waals surface area contributed by atoms with E-state index in [1.807, 2.05) is 0 Å². The Balaban J connectivity index is 1.95. The second-order valence-electron chi connectivity index (χ2n) is 4.67. The van der Waals surface area contributed by atoms with Gasteiger partial charge in [0, 0.05) is 13.2 Å². The molecule has 1 heterocycles. The predicted molar refractivity (Wildman–Crippen MR) is 64.3 cm³/mol. The summed E-state index contributed by atoms with van der Waals surface area (Å²) in [6.45, 7) is 3.31. The molecule has 0 bridgehead atoms. The predicted octanol–water partition coefficient (Wildman–Crippen LogP) is 2.86. The van der Waals surface area contributed by atoms with Crippen molar-refractivity contribution in [3.8, 4) is 0 Å². The van der Waals surface area contributed by atoms with Crippen LogP contribution in [0, 0.1) is 0 Å². The Kier molecular flexibility index (Phi) is 7.81. The van der Waals surface area contributed by atoms with Crippen LogP contribution in [0.3, 0.4) is 0 Å². The van der Waals surface area contributed by atoms with Crippen molar-refractivity contribution in [1.29, 1.82) is 0 Å². The highest BCUT2D eigenvalue weighted by Gasteiger charge is 2.16. The van der Waals surface area contributed by atoms with Crippen molar-refractivity contribution < 1.29 is 14.6 Å². The summed E-state index contributed by atoms with van der Waals surface area (Å²) in [5, 5.41) is 8.65. The lowest BCUT2D eigenvalue weighted by Gasteiger charge is -2.26. The van der Waals surface area contributed by atoms with Crippen molar-refractivity contribution in [2.75, 3.05) is 13.2 Å². The molecule has 2 unspecified atom stereocenters. The molecule has 1 saturated heterocycles. The summed E-state index contributed by atoms with van der Waals surface area (Å²) in [4.78, 5) is 0. The first kappa shape index (κ1) is 13.9. The van der Waals surface area contributed by atoms with Crippen molar-refractivity contribution >= 4 is 0 Å². The molecule has 1 aliphatic rings. The third-order valence-corrected chi connectivity index (χ3v) is 3.04. The molecular weight excluding hydrogens is 204 g/mol. The molecule has 96 valence electrons. The summed E-state index contributed by atoms with van der Waals surface area (Å²) < 4.78 is 11.4. The Labute approximate surface area is 99.1 Å². The van der Waals surface area contributed by atoms with Gasteiger partial charge in [-0.15, -0.1) is 0 Å². The van der Waals surface area contributed by atoms with Gasteiger partial charge in [-0.05, 0) is 39.0 Å². The number of rotatable bonds is 8. The molecule has 0 aromatic rings. The fourth-order valence-corrected chi connectivity index (χ4v) is 2.04. The Hall–Kier alpha value is -0.120. The zero-order valence-electron chi connectivity index (χ0n) is 10.5. The largest absolute Gasteiger partial charge is 0.396 e. The summed E-state index contributed by atoms with van der Waals surface area (Å²) in [6, 6.07) is 0. The van der Waals surface area contributed by atoms with E-state index in [1.54, 1.807) is 0 Å². The van der Waals surface area contributed by atoms with Gasteiger partial charge in [-0.3, -0.25) is 0 Å². The van der Waals surface area contributed by atoms with E-state index in [0.717, 1.165) is 32.3 Å². The fourth-order valence-electron chi connectivity index (χ4n) is 2.04. The number of ether oxygens (including phenoxy) is 2. The molecule has 1 N–H and O–H groups in total. The first-order chi connectivity index (χ1) is 7.83. The number of hydrogen-bond donors (Lipinski definition) is 1. The Morgan fingerprint density at radius 3 is 2.75 bits per heavy atom. The zero-order chi connectivity index (χ0) is 11.6. The molecule has 0 spiro atoms. The second kappa shape index (κ2) is 8.97. The van der Waals surface area contributed by atoms with Gasteiger partial charge in [0.2, 0.25) is 0 Å². The smallest absolute Gasteiger partial charge is 0.157 e. The average Bonchev–Trinajstić information content (AvgIpc) is 2.30. The Morgan fingerprint density at radius 2 is 2.06 bits per heavy atom. The van der Waals surface area contributed by atoms with E-state index in [-0.39, 0.29) is 6.29 Å². The molecule has 0 radical (unpaired) electrons. The van der Waals surface area contributed by atoms with Crippen LogP contribution in [-0.2, 0) is 9.47 Å². The fraction of sp³-hybridized carbons (Fsp3) is 1.00. The zero-order valence-corrected chi connectivity index (χ0v) is 10.5. The lowest BCUT2D eigenvalue weighted by molar-refractivity contribution is -0.185. The SMILES string of the molecule is CC(CCCCCCO)OC1CCCCO1. The standard InChI is InChI=1S/C13H26O3/c1-12(8-4-2-3-6-10-14)16-13-9-5-7-11-15-13/h12-14H,2-11H2,1H3. The Bertz CT molecular complexity index is 155. The lowest BCUT2D eigenvalue weighted by Crippen LogP contribution is -2.26. The molecule has 16 heavy (non-hydrogen) atoms. The topological polar surface area (TPSA) is 38.7 Å². The van der Waals surface area contributed by atoms with Gasteiger partial charge in [0.15, 0.2) is 6.29 Å². The van der Waals surface area contributed by atoms with E-state index in [9.17, 15) is 0 Å². The van der Waals surface area contributed by atoms with Crippen LogP contribution in [0.5, 0.6) is 0 Å². The minimum atomic E-state index is 0.0428. The monoisotopic (exact) mass is 230 g/mol. The maximum absolute atomic E-state index is 8.65.